The van der Waals surface area contributed by atoms with E-state index in [0.29, 0.717) is 18.0 Å². The predicted molar refractivity (Wildman–Crippen MR) is 91.8 cm³/mol. The van der Waals surface area contributed by atoms with Gasteiger partial charge in [0.25, 0.3) is 0 Å². The number of anilines is 1. The van der Waals surface area contributed by atoms with Crippen molar-refractivity contribution in [1.82, 2.24) is 5.32 Å². The van der Waals surface area contributed by atoms with Crippen molar-refractivity contribution in [2.24, 2.45) is 5.92 Å². The lowest BCUT2D eigenvalue weighted by atomic mass is 9.86. The van der Waals surface area contributed by atoms with Crippen LogP contribution < -0.4 is 10.2 Å². The minimum atomic E-state index is -0.154. The smallest absolute Gasteiger partial charge is 0.124 e. The second kappa shape index (κ2) is 7.07. The van der Waals surface area contributed by atoms with Crippen LogP contribution in [0.15, 0.2) is 18.2 Å². The Kier molecular flexibility index (Phi) is 5.66. The maximum absolute atomic E-state index is 13.3. The van der Waals surface area contributed by atoms with E-state index in [1.165, 1.54) is 12.1 Å². The quantitative estimate of drug-likeness (QED) is 0.781. The number of hydrogen-bond acceptors (Lipinski definition) is 2. The molecular weight excluding hydrogens is 366 g/mol. The molecule has 20 heavy (non-hydrogen) atoms. The largest absolute Gasteiger partial charge is 0.368 e. The van der Waals surface area contributed by atoms with Crippen LogP contribution in [0.1, 0.15) is 33.6 Å². The summed E-state index contributed by atoms with van der Waals surface area (Å²) < 4.78 is 14.3. The van der Waals surface area contributed by atoms with E-state index in [1.54, 1.807) is 12.1 Å². The highest BCUT2D eigenvalue weighted by molar-refractivity contribution is 14.1. The molecule has 0 aromatic heterocycles. The molecule has 2 nitrogen and oxygen atoms in total. The zero-order chi connectivity index (χ0) is 14.7. The molecule has 0 saturated carbocycles. The Hall–Kier alpha value is -0.360. The fourth-order valence-electron chi connectivity index (χ4n) is 3.04. The third-order valence-corrected chi connectivity index (χ3v) is 5.31. The van der Waals surface area contributed by atoms with Crippen molar-refractivity contribution in [3.8, 4) is 0 Å². The van der Waals surface area contributed by atoms with Gasteiger partial charge in [0, 0.05) is 22.2 Å². The highest BCUT2D eigenvalue weighted by atomic mass is 127. The number of rotatable bonds is 4. The minimum Gasteiger partial charge on any atom is -0.368 e. The summed E-state index contributed by atoms with van der Waals surface area (Å²) in [7, 11) is 0. The molecule has 1 aliphatic heterocycles. The Balaban J connectivity index is 2.11. The first-order valence-electron chi connectivity index (χ1n) is 7.49. The maximum atomic E-state index is 13.3. The van der Waals surface area contributed by atoms with E-state index in [9.17, 15) is 4.39 Å². The normalized spacial score (nSPS) is 26.9. The van der Waals surface area contributed by atoms with E-state index in [2.05, 4.69) is 53.6 Å². The summed E-state index contributed by atoms with van der Waals surface area (Å²) >= 11 is 2.24. The van der Waals surface area contributed by atoms with Crippen LogP contribution in [0.3, 0.4) is 0 Å². The molecule has 0 amide bonds. The maximum Gasteiger partial charge on any atom is 0.124 e. The summed E-state index contributed by atoms with van der Waals surface area (Å²) in [6, 6.07) is 6.17. The number of halogens is 2. The van der Waals surface area contributed by atoms with Crippen LogP contribution in [0.4, 0.5) is 10.1 Å². The van der Waals surface area contributed by atoms with Gasteiger partial charge in [0.15, 0.2) is 0 Å². The fraction of sp³-hybridized carbons (Fsp3) is 0.625. The van der Waals surface area contributed by atoms with Crippen LogP contribution in [0.5, 0.6) is 0 Å². The van der Waals surface area contributed by atoms with Gasteiger partial charge in [0.2, 0.25) is 0 Å². The van der Waals surface area contributed by atoms with Gasteiger partial charge in [-0.3, -0.25) is 0 Å². The Morgan fingerprint density at radius 1 is 1.40 bits per heavy atom. The lowest BCUT2D eigenvalue weighted by Gasteiger charge is -2.44. The lowest BCUT2D eigenvalue weighted by molar-refractivity contribution is 0.271. The van der Waals surface area contributed by atoms with Gasteiger partial charge in [-0.05, 0) is 73.0 Å². The van der Waals surface area contributed by atoms with Crippen molar-refractivity contribution < 1.29 is 4.39 Å². The van der Waals surface area contributed by atoms with Gasteiger partial charge in [-0.2, -0.15) is 0 Å². The predicted octanol–water partition coefficient (Wildman–Crippen LogP) is 4.03. The Morgan fingerprint density at radius 3 is 2.80 bits per heavy atom. The molecule has 3 atom stereocenters. The van der Waals surface area contributed by atoms with E-state index >= 15 is 0 Å². The fourth-order valence-corrected chi connectivity index (χ4v) is 3.82. The van der Waals surface area contributed by atoms with Crippen molar-refractivity contribution in [3.05, 3.63) is 27.6 Å². The number of hydrogen-bond donors (Lipinski definition) is 1. The standard InChI is InChI=1S/C16H24FIN2/c1-4-8-19-15-7-9-20(12(3)11(15)2)16-6-5-13(17)10-14(16)18/h5-6,10-12,15,19H,4,7-9H2,1-3H3. The summed E-state index contributed by atoms with van der Waals surface area (Å²) in [4.78, 5) is 2.43. The van der Waals surface area contributed by atoms with Gasteiger partial charge < -0.3 is 10.2 Å². The molecule has 2 rings (SSSR count). The minimum absolute atomic E-state index is 0.154. The van der Waals surface area contributed by atoms with E-state index in [0.717, 1.165) is 23.1 Å². The lowest BCUT2D eigenvalue weighted by Crippen LogP contribution is -2.53. The van der Waals surface area contributed by atoms with Gasteiger partial charge in [-0.1, -0.05) is 13.8 Å². The average molecular weight is 390 g/mol. The third kappa shape index (κ3) is 3.45. The molecule has 1 N–H and O–H groups in total. The summed E-state index contributed by atoms with van der Waals surface area (Å²) in [6.07, 6.45) is 2.33. The Bertz CT molecular complexity index is 452. The van der Waals surface area contributed by atoms with E-state index < -0.39 is 0 Å². The molecule has 1 fully saturated rings. The van der Waals surface area contributed by atoms with E-state index in [1.807, 2.05) is 6.07 Å². The van der Waals surface area contributed by atoms with Crippen LogP contribution in [-0.4, -0.2) is 25.2 Å². The highest BCUT2D eigenvalue weighted by Crippen LogP contribution is 2.32. The van der Waals surface area contributed by atoms with Gasteiger partial charge in [-0.15, -0.1) is 0 Å². The van der Waals surface area contributed by atoms with Crippen molar-refractivity contribution in [3.63, 3.8) is 0 Å². The van der Waals surface area contributed by atoms with Crippen molar-refractivity contribution >= 4 is 28.3 Å². The van der Waals surface area contributed by atoms with E-state index in [-0.39, 0.29) is 5.82 Å². The van der Waals surface area contributed by atoms with Crippen LogP contribution in [-0.2, 0) is 0 Å². The molecule has 1 aromatic rings. The number of piperidine rings is 1. The summed E-state index contributed by atoms with van der Waals surface area (Å²) in [6.45, 7) is 8.94. The second-order valence-corrected chi connectivity index (χ2v) is 6.90. The van der Waals surface area contributed by atoms with E-state index in [4.69, 9.17) is 0 Å². The molecule has 0 radical (unpaired) electrons. The number of nitrogens with one attached hydrogen (secondary N) is 1. The average Bonchev–Trinajstić information content (AvgIpc) is 2.41. The number of benzene rings is 1. The van der Waals surface area contributed by atoms with Crippen molar-refractivity contribution in [1.29, 1.82) is 0 Å². The molecular formula is C16H24FIN2. The summed E-state index contributed by atoms with van der Waals surface area (Å²) in [5.41, 5.74) is 1.17. The molecule has 3 unspecified atom stereocenters. The first-order valence-corrected chi connectivity index (χ1v) is 8.57. The van der Waals surface area contributed by atoms with Gasteiger partial charge >= 0.3 is 0 Å². The first kappa shape index (κ1) is 16.0. The number of nitrogens with zero attached hydrogens (tertiary/aromatic N) is 1. The Labute approximate surface area is 135 Å². The topological polar surface area (TPSA) is 15.3 Å². The molecule has 1 saturated heterocycles. The van der Waals surface area contributed by atoms with Crippen LogP contribution >= 0.6 is 22.6 Å². The SMILES string of the molecule is CCCNC1CCN(c2ccc(F)cc2I)C(C)C1C. The molecule has 4 heteroatoms. The molecule has 1 heterocycles. The van der Waals surface area contributed by atoms with Gasteiger partial charge in [-0.25, -0.2) is 4.39 Å². The van der Waals surface area contributed by atoms with Crippen molar-refractivity contribution in [2.45, 2.75) is 45.7 Å². The molecule has 0 aliphatic carbocycles. The van der Waals surface area contributed by atoms with Gasteiger partial charge in [0.1, 0.15) is 5.82 Å². The van der Waals surface area contributed by atoms with Crippen molar-refractivity contribution in [2.75, 3.05) is 18.0 Å². The molecule has 1 aliphatic rings. The summed E-state index contributed by atoms with van der Waals surface area (Å²) in [5, 5.41) is 3.66. The highest BCUT2D eigenvalue weighted by Gasteiger charge is 2.32. The van der Waals surface area contributed by atoms with Crippen LogP contribution in [0, 0.1) is 15.3 Å². The Morgan fingerprint density at radius 2 is 2.15 bits per heavy atom. The third-order valence-electron chi connectivity index (χ3n) is 4.44. The molecule has 0 spiro atoms. The van der Waals surface area contributed by atoms with Crippen LogP contribution in [0.2, 0.25) is 0 Å². The zero-order valence-corrected chi connectivity index (χ0v) is 14.7. The monoisotopic (exact) mass is 390 g/mol. The second-order valence-electron chi connectivity index (χ2n) is 5.74. The summed E-state index contributed by atoms with van der Waals surface area (Å²) in [5.74, 6) is 0.439. The molecule has 0 bridgehead atoms. The zero-order valence-electron chi connectivity index (χ0n) is 12.5. The molecule has 112 valence electrons. The van der Waals surface area contributed by atoms with Gasteiger partial charge in [0.05, 0.1) is 5.69 Å². The first-order chi connectivity index (χ1) is 9.54. The molecule has 1 aromatic carbocycles. The van der Waals surface area contributed by atoms with Crippen LogP contribution in [0.25, 0.3) is 0 Å².